The molecule has 86 valence electrons. The van der Waals surface area contributed by atoms with Crippen LogP contribution in [0.5, 0.6) is 5.75 Å². The number of benzene rings is 1. The van der Waals surface area contributed by atoms with Crippen LogP contribution in [0.2, 0.25) is 0 Å². The van der Waals surface area contributed by atoms with Crippen LogP contribution in [-0.4, -0.2) is 18.3 Å². The zero-order valence-corrected chi connectivity index (χ0v) is 8.96. The largest absolute Gasteiger partial charge is 0.514 e. The molecule has 0 bridgehead atoms. The third-order valence-electron chi connectivity index (χ3n) is 2.70. The molecule has 2 rings (SSSR count). The summed E-state index contributed by atoms with van der Waals surface area (Å²) >= 11 is 0. The fraction of sp³-hybridized carbons (Fsp3) is 0.417. The molecule has 0 radical (unpaired) electrons. The van der Waals surface area contributed by atoms with E-state index in [1.807, 2.05) is 6.07 Å². The van der Waals surface area contributed by atoms with Gasteiger partial charge in [-0.2, -0.15) is 0 Å². The summed E-state index contributed by atoms with van der Waals surface area (Å²) in [5.41, 5.74) is 5.79. The molecule has 16 heavy (non-hydrogen) atoms. The first-order valence-electron chi connectivity index (χ1n) is 5.45. The van der Waals surface area contributed by atoms with E-state index in [-0.39, 0.29) is 12.1 Å². The molecule has 1 aromatic rings. The molecule has 4 nitrogen and oxygen atoms in total. The van der Waals surface area contributed by atoms with Crippen molar-refractivity contribution in [3.63, 3.8) is 0 Å². The standard InChI is InChI=1S/C12H15NO3/c13-10-7-4-8-11(10)16-12(14)15-9-5-2-1-3-6-9/h1-3,5-6,10-11H,4,7-8,13H2. The Bertz CT molecular complexity index is 353. The fourth-order valence-electron chi connectivity index (χ4n) is 1.83. The Morgan fingerprint density at radius 3 is 2.62 bits per heavy atom. The number of ether oxygens (including phenoxy) is 2. The van der Waals surface area contributed by atoms with E-state index >= 15 is 0 Å². The molecule has 1 aliphatic carbocycles. The molecule has 2 unspecified atom stereocenters. The van der Waals surface area contributed by atoms with Gasteiger partial charge in [-0.3, -0.25) is 0 Å². The van der Waals surface area contributed by atoms with Crippen LogP contribution in [0.15, 0.2) is 30.3 Å². The van der Waals surface area contributed by atoms with E-state index in [0.717, 1.165) is 19.3 Å². The van der Waals surface area contributed by atoms with Gasteiger partial charge in [0.25, 0.3) is 0 Å². The van der Waals surface area contributed by atoms with Gasteiger partial charge in [0.05, 0.1) is 0 Å². The molecule has 4 heteroatoms. The van der Waals surface area contributed by atoms with Crippen LogP contribution in [0.4, 0.5) is 4.79 Å². The van der Waals surface area contributed by atoms with Crippen LogP contribution in [0.1, 0.15) is 19.3 Å². The molecule has 0 spiro atoms. The lowest BCUT2D eigenvalue weighted by molar-refractivity contribution is 0.0548. The topological polar surface area (TPSA) is 61.5 Å². The molecule has 0 amide bonds. The monoisotopic (exact) mass is 221 g/mol. The van der Waals surface area contributed by atoms with Crippen molar-refractivity contribution in [2.45, 2.75) is 31.4 Å². The van der Waals surface area contributed by atoms with Crippen LogP contribution in [0.3, 0.4) is 0 Å². The van der Waals surface area contributed by atoms with Gasteiger partial charge in [0.2, 0.25) is 0 Å². The van der Waals surface area contributed by atoms with Gasteiger partial charge in [-0.15, -0.1) is 0 Å². The number of rotatable bonds is 2. The molecule has 0 heterocycles. The van der Waals surface area contributed by atoms with E-state index in [2.05, 4.69) is 0 Å². The molecule has 1 aromatic carbocycles. The highest BCUT2D eigenvalue weighted by Gasteiger charge is 2.28. The lowest BCUT2D eigenvalue weighted by Gasteiger charge is -2.15. The van der Waals surface area contributed by atoms with Crippen molar-refractivity contribution in [1.82, 2.24) is 0 Å². The Hall–Kier alpha value is -1.55. The zero-order chi connectivity index (χ0) is 11.4. The zero-order valence-electron chi connectivity index (χ0n) is 8.96. The lowest BCUT2D eigenvalue weighted by Crippen LogP contribution is -2.34. The number of hydrogen-bond donors (Lipinski definition) is 1. The number of nitrogens with two attached hydrogens (primary N) is 1. The van der Waals surface area contributed by atoms with Gasteiger partial charge in [-0.1, -0.05) is 18.2 Å². The summed E-state index contributed by atoms with van der Waals surface area (Å²) in [7, 11) is 0. The molecule has 2 atom stereocenters. The highest BCUT2D eigenvalue weighted by atomic mass is 16.7. The van der Waals surface area contributed by atoms with E-state index in [1.165, 1.54) is 0 Å². The minimum atomic E-state index is -0.673. The second-order valence-corrected chi connectivity index (χ2v) is 3.92. The highest BCUT2D eigenvalue weighted by Crippen LogP contribution is 2.21. The fourth-order valence-corrected chi connectivity index (χ4v) is 1.83. The smallest absolute Gasteiger partial charge is 0.429 e. The van der Waals surface area contributed by atoms with Gasteiger partial charge in [-0.05, 0) is 31.4 Å². The van der Waals surface area contributed by atoms with Gasteiger partial charge in [0.1, 0.15) is 11.9 Å². The van der Waals surface area contributed by atoms with E-state index in [9.17, 15) is 4.79 Å². The van der Waals surface area contributed by atoms with E-state index < -0.39 is 6.16 Å². The molecular formula is C12H15NO3. The molecule has 1 fully saturated rings. The lowest BCUT2D eigenvalue weighted by atomic mass is 10.2. The summed E-state index contributed by atoms with van der Waals surface area (Å²) in [6.45, 7) is 0. The summed E-state index contributed by atoms with van der Waals surface area (Å²) < 4.78 is 10.1. The molecule has 0 aromatic heterocycles. The van der Waals surface area contributed by atoms with Crippen LogP contribution in [0.25, 0.3) is 0 Å². The molecule has 1 saturated carbocycles. The van der Waals surface area contributed by atoms with Crippen LogP contribution in [0, 0.1) is 0 Å². The van der Waals surface area contributed by atoms with Crippen molar-refractivity contribution in [3.8, 4) is 5.75 Å². The molecule has 0 aliphatic heterocycles. The SMILES string of the molecule is NC1CCCC1OC(=O)Oc1ccccc1. The molecule has 0 saturated heterocycles. The van der Waals surface area contributed by atoms with E-state index in [0.29, 0.717) is 5.75 Å². The average molecular weight is 221 g/mol. The van der Waals surface area contributed by atoms with Crippen LogP contribution >= 0.6 is 0 Å². The van der Waals surface area contributed by atoms with Gasteiger partial charge >= 0.3 is 6.16 Å². The molecule has 1 aliphatic rings. The number of para-hydroxylation sites is 1. The van der Waals surface area contributed by atoms with Gasteiger partial charge in [0, 0.05) is 6.04 Å². The number of carbonyl (C=O) groups is 1. The van der Waals surface area contributed by atoms with Crippen LogP contribution < -0.4 is 10.5 Å². The normalized spacial score (nSPS) is 24.1. The first-order chi connectivity index (χ1) is 7.75. The summed E-state index contributed by atoms with van der Waals surface area (Å²) in [5, 5.41) is 0. The third kappa shape index (κ3) is 2.73. The van der Waals surface area contributed by atoms with Crippen molar-refractivity contribution in [3.05, 3.63) is 30.3 Å². The van der Waals surface area contributed by atoms with Crippen LogP contribution in [-0.2, 0) is 4.74 Å². The van der Waals surface area contributed by atoms with Crippen molar-refractivity contribution in [2.75, 3.05) is 0 Å². The number of hydrogen-bond acceptors (Lipinski definition) is 4. The van der Waals surface area contributed by atoms with E-state index in [4.69, 9.17) is 15.2 Å². The Morgan fingerprint density at radius 1 is 1.25 bits per heavy atom. The molecular weight excluding hydrogens is 206 g/mol. The first kappa shape index (κ1) is 11.0. The van der Waals surface area contributed by atoms with Crippen molar-refractivity contribution in [1.29, 1.82) is 0 Å². The Kier molecular flexibility index (Phi) is 3.41. The summed E-state index contributed by atoms with van der Waals surface area (Å²) in [6.07, 6.45) is 1.86. The first-order valence-corrected chi connectivity index (χ1v) is 5.45. The maximum Gasteiger partial charge on any atom is 0.514 e. The second-order valence-electron chi connectivity index (χ2n) is 3.92. The van der Waals surface area contributed by atoms with E-state index in [1.54, 1.807) is 24.3 Å². The Balaban J connectivity index is 1.85. The second kappa shape index (κ2) is 4.99. The maximum atomic E-state index is 11.4. The number of carbonyl (C=O) groups excluding carboxylic acids is 1. The quantitative estimate of drug-likeness (QED) is 0.613. The average Bonchev–Trinajstić information content (AvgIpc) is 2.66. The van der Waals surface area contributed by atoms with Gasteiger partial charge < -0.3 is 15.2 Å². The van der Waals surface area contributed by atoms with Gasteiger partial charge in [0.15, 0.2) is 0 Å². The highest BCUT2D eigenvalue weighted by molar-refractivity contribution is 5.64. The van der Waals surface area contributed by atoms with Crippen molar-refractivity contribution >= 4 is 6.16 Å². The third-order valence-corrected chi connectivity index (χ3v) is 2.70. The minimum absolute atomic E-state index is 0.0525. The van der Waals surface area contributed by atoms with Crippen molar-refractivity contribution in [2.24, 2.45) is 5.73 Å². The summed E-state index contributed by atoms with van der Waals surface area (Å²) in [4.78, 5) is 11.4. The van der Waals surface area contributed by atoms with Crippen molar-refractivity contribution < 1.29 is 14.3 Å². The Morgan fingerprint density at radius 2 is 2.00 bits per heavy atom. The molecule has 2 N–H and O–H groups in total. The minimum Gasteiger partial charge on any atom is -0.429 e. The van der Waals surface area contributed by atoms with Gasteiger partial charge in [-0.25, -0.2) is 4.79 Å². The maximum absolute atomic E-state index is 11.4. The predicted octanol–water partition coefficient (Wildman–Crippen LogP) is 2.08. The summed E-state index contributed by atoms with van der Waals surface area (Å²) in [5.74, 6) is 0.485. The predicted molar refractivity (Wildman–Crippen MR) is 59.2 cm³/mol. The summed E-state index contributed by atoms with van der Waals surface area (Å²) in [6, 6.07) is 8.80. The Labute approximate surface area is 94.3 Å².